The zero-order chi connectivity index (χ0) is 15.3. The van der Waals surface area contributed by atoms with Gasteiger partial charge in [0.25, 0.3) is 0 Å². The molecule has 0 spiro atoms. The Bertz CT molecular complexity index is 465. The van der Waals surface area contributed by atoms with E-state index in [4.69, 9.17) is 10.5 Å². The van der Waals surface area contributed by atoms with E-state index in [1.807, 2.05) is 40.7 Å². The van der Waals surface area contributed by atoms with Crippen LogP contribution in [0.1, 0.15) is 34.6 Å². The molecule has 0 heterocycles. The monoisotopic (exact) mass is 279 g/mol. The molecule has 0 aliphatic carbocycles. The lowest BCUT2D eigenvalue weighted by Crippen LogP contribution is -2.43. The van der Waals surface area contributed by atoms with E-state index in [9.17, 15) is 4.79 Å². The van der Waals surface area contributed by atoms with Gasteiger partial charge in [-0.1, -0.05) is 0 Å². The minimum Gasteiger partial charge on any atom is -0.491 e. The summed E-state index contributed by atoms with van der Waals surface area (Å²) in [5.41, 5.74) is 6.95. The highest BCUT2D eigenvalue weighted by molar-refractivity contribution is 5.81. The van der Waals surface area contributed by atoms with Crippen LogP contribution in [0.2, 0.25) is 0 Å². The second-order valence-electron chi connectivity index (χ2n) is 6.11. The number of benzene rings is 1. The topological polar surface area (TPSA) is 76.4 Å². The zero-order valence-electron chi connectivity index (χ0n) is 12.9. The summed E-state index contributed by atoms with van der Waals surface area (Å²) in [6.45, 7) is 9.93. The molecule has 0 atom stereocenters. The quantitative estimate of drug-likeness (QED) is 0.723. The molecule has 112 valence electrons. The van der Waals surface area contributed by atoms with E-state index in [1.165, 1.54) is 0 Å². The lowest BCUT2D eigenvalue weighted by atomic mass is 10.1. The summed E-state index contributed by atoms with van der Waals surface area (Å²) in [4.78, 5) is 11.7. The van der Waals surface area contributed by atoms with Gasteiger partial charge in [0.05, 0.1) is 12.6 Å². The third-order valence-electron chi connectivity index (χ3n) is 2.27. The summed E-state index contributed by atoms with van der Waals surface area (Å²) >= 11 is 0. The predicted molar refractivity (Wildman–Crippen MR) is 83.0 cm³/mol. The van der Waals surface area contributed by atoms with Crippen LogP contribution in [0.4, 0.5) is 11.4 Å². The highest BCUT2D eigenvalue weighted by Gasteiger charge is 2.13. The Kier molecular flexibility index (Phi) is 5.25. The van der Waals surface area contributed by atoms with E-state index < -0.39 is 0 Å². The molecule has 5 heteroatoms. The van der Waals surface area contributed by atoms with Crippen LogP contribution < -0.4 is 21.1 Å². The summed E-state index contributed by atoms with van der Waals surface area (Å²) in [5.74, 6) is 0.630. The SMILES string of the molecule is CC(C)Oc1cc(N)cc(NCC(=O)NC(C)(C)C)c1. The Morgan fingerprint density at radius 3 is 2.50 bits per heavy atom. The second kappa shape index (κ2) is 6.50. The van der Waals surface area contributed by atoms with Crippen molar-refractivity contribution in [1.29, 1.82) is 0 Å². The van der Waals surface area contributed by atoms with Crippen LogP contribution in [-0.2, 0) is 4.79 Å². The van der Waals surface area contributed by atoms with Crippen molar-refractivity contribution >= 4 is 17.3 Å². The Morgan fingerprint density at radius 2 is 1.95 bits per heavy atom. The number of nitrogens with two attached hydrogens (primary N) is 1. The zero-order valence-corrected chi connectivity index (χ0v) is 12.9. The van der Waals surface area contributed by atoms with Crippen LogP contribution in [0, 0.1) is 0 Å². The number of hydrogen-bond donors (Lipinski definition) is 3. The Labute approximate surface area is 120 Å². The largest absolute Gasteiger partial charge is 0.491 e. The molecule has 1 amide bonds. The molecule has 0 aliphatic heterocycles. The van der Waals surface area contributed by atoms with Crippen molar-refractivity contribution in [1.82, 2.24) is 5.32 Å². The van der Waals surface area contributed by atoms with Crippen molar-refractivity contribution in [3.63, 3.8) is 0 Å². The molecule has 0 aliphatic rings. The molecule has 4 N–H and O–H groups in total. The van der Waals surface area contributed by atoms with Crippen molar-refractivity contribution in [3.8, 4) is 5.75 Å². The van der Waals surface area contributed by atoms with Crippen molar-refractivity contribution in [2.75, 3.05) is 17.6 Å². The summed E-state index contributed by atoms with van der Waals surface area (Å²) < 4.78 is 5.60. The van der Waals surface area contributed by atoms with Gasteiger partial charge in [0.1, 0.15) is 5.75 Å². The molecule has 0 saturated carbocycles. The van der Waals surface area contributed by atoms with Gasteiger partial charge in [-0.05, 0) is 40.7 Å². The maximum Gasteiger partial charge on any atom is 0.239 e. The smallest absolute Gasteiger partial charge is 0.239 e. The second-order valence-corrected chi connectivity index (χ2v) is 6.11. The van der Waals surface area contributed by atoms with Gasteiger partial charge in [-0.15, -0.1) is 0 Å². The maximum absolute atomic E-state index is 11.7. The van der Waals surface area contributed by atoms with E-state index in [0.29, 0.717) is 11.4 Å². The van der Waals surface area contributed by atoms with Crippen LogP contribution in [-0.4, -0.2) is 24.1 Å². The minimum atomic E-state index is -0.236. The van der Waals surface area contributed by atoms with Gasteiger partial charge >= 0.3 is 0 Å². The molecule has 0 fully saturated rings. The van der Waals surface area contributed by atoms with Crippen LogP contribution >= 0.6 is 0 Å². The number of nitrogen functional groups attached to an aromatic ring is 1. The Balaban J connectivity index is 2.64. The van der Waals surface area contributed by atoms with Gasteiger partial charge in [-0.3, -0.25) is 4.79 Å². The fourth-order valence-electron chi connectivity index (χ4n) is 1.71. The van der Waals surface area contributed by atoms with Crippen molar-refractivity contribution in [2.24, 2.45) is 0 Å². The summed E-state index contributed by atoms with van der Waals surface area (Å²) in [6.07, 6.45) is 0.0776. The van der Waals surface area contributed by atoms with E-state index in [-0.39, 0.29) is 24.1 Å². The van der Waals surface area contributed by atoms with Gasteiger partial charge in [0.2, 0.25) is 5.91 Å². The minimum absolute atomic E-state index is 0.0637. The van der Waals surface area contributed by atoms with Crippen molar-refractivity contribution in [2.45, 2.75) is 46.3 Å². The molecule has 0 bridgehead atoms. The first-order chi connectivity index (χ1) is 9.15. The molecule has 0 aromatic heterocycles. The van der Waals surface area contributed by atoms with E-state index >= 15 is 0 Å². The molecule has 20 heavy (non-hydrogen) atoms. The van der Waals surface area contributed by atoms with Crippen LogP contribution in [0.25, 0.3) is 0 Å². The molecular formula is C15H25N3O2. The number of carbonyl (C=O) groups excluding carboxylic acids is 1. The molecule has 1 rings (SSSR count). The number of ether oxygens (including phenoxy) is 1. The molecule has 1 aromatic rings. The van der Waals surface area contributed by atoms with Crippen LogP contribution in [0.3, 0.4) is 0 Å². The van der Waals surface area contributed by atoms with Gasteiger partial charge in [-0.25, -0.2) is 0 Å². The highest BCUT2D eigenvalue weighted by Crippen LogP contribution is 2.23. The fraction of sp³-hybridized carbons (Fsp3) is 0.533. The summed E-state index contributed by atoms with van der Waals surface area (Å²) in [7, 11) is 0. The first-order valence-corrected chi connectivity index (χ1v) is 6.78. The summed E-state index contributed by atoms with van der Waals surface area (Å²) in [5, 5.41) is 5.94. The first-order valence-electron chi connectivity index (χ1n) is 6.78. The van der Waals surface area contributed by atoms with Crippen LogP contribution in [0.15, 0.2) is 18.2 Å². The highest BCUT2D eigenvalue weighted by atomic mass is 16.5. The van der Waals surface area contributed by atoms with E-state index in [1.54, 1.807) is 12.1 Å². The van der Waals surface area contributed by atoms with Crippen molar-refractivity contribution in [3.05, 3.63) is 18.2 Å². The number of carbonyl (C=O) groups is 1. The molecule has 0 radical (unpaired) electrons. The number of nitrogens with one attached hydrogen (secondary N) is 2. The third kappa shape index (κ3) is 6.31. The van der Waals surface area contributed by atoms with Crippen molar-refractivity contribution < 1.29 is 9.53 Å². The number of anilines is 2. The normalized spacial score (nSPS) is 11.3. The van der Waals surface area contributed by atoms with E-state index in [0.717, 1.165) is 5.69 Å². The lowest BCUT2D eigenvalue weighted by molar-refractivity contribution is -0.120. The van der Waals surface area contributed by atoms with E-state index in [2.05, 4.69) is 10.6 Å². The Morgan fingerprint density at radius 1 is 1.30 bits per heavy atom. The first kappa shape index (κ1) is 16.1. The third-order valence-corrected chi connectivity index (χ3v) is 2.27. The summed E-state index contributed by atoms with van der Waals surface area (Å²) in [6, 6.07) is 5.37. The molecule has 0 unspecified atom stereocenters. The predicted octanol–water partition coefficient (Wildman–Crippen LogP) is 2.38. The molecule has 5 nitrogen and oxygen atoms in total. The standard InChI is InChI=1S/C15H25N3O2/c1-10(2)20-13-7-11(16)6-12(8-13)17-9-14(19)18-15(3,4)5/h6-8,10,17H,9,16H2,1-5H3,(H,18,19). The van der Waals surface area contributed by atoms with Gasteiger partial charge in [-0.2, -0.15) is 0 Å². The number of rotatable bonds is 5. The average molecular weight is 279 g/mol. The van der Waals surface area contributed by atoms with Gasteiger partial charge in [0.15, 0.2) is 0 Å². The van der Waals surface area contributed by atoms with Gasteiger partial charge < -0.3 is 21.1 Å². The average Bonchev–Trinajstić information content (AvgIpc) is 2.22. The number of hydrogen-bond acceptors (Lipinski definition) is 4. The lowest BCUT2D eigenvalue weighted by Gasteiger charge is -2.21. The van der Waals surface area contributed by atoms with Gasteiger partial charge in [0, 0.05) is 29.0 Å². The molecule has 1 aromatic carbocycles. The maximum atomic E-state index is 11.7. The molecular weight excluding hydrogens is 254 g/mol. The molecule has 0 saturated heterocycles. The Hall–Kier alpha value is -1.91. The van der Waals surface area contributed by atoms with Crippen LogP contribution in [0.5, 0.6) is 5.75 Å². The fourth-order valence-corrected chi connectivity index (χ4v) is 1.71. The number of amides is 1.